The third-order valence-electron chi connectivity index (χ3n) is 2.49. The number of carbonyl (C=O) groups is 3. The van der Waals surface area contributed by atoms with E-state index in [9.17, 15) is 19.5 Å². The Morgan fingerprint density at radius 1 is 1.59 bits per heavy atom. The van der Waals surface area contributed by atoms with Gasteiger partial charge in [-0.05, 0) is 13.3 Å². The van der Waals surface area contributed by atoms with E-state index < -0.39 is 29.9 Å². The molecule has 2 atom stereocenters. The molecule has 0 aromatic rings. The van der Waals surface area contributed by atoms with E-state index in [4.69, 9.17) is 5.11 Å². The minimum absolute atomic E-state index is 0.162. The summed E-state index contributed by atoms with van der Waals surface area (Å²) in [5.74, 6) is -1.72. The standard InChI is InChI=1S/C10H16N2O5/c1-10(17,4-8(14)15)5-11-9(16)6-2-3-7(13)12-6/h6,17H,2-5H2,1H3,(H,11,16)(H,12,13)(H,14,15)/t6-,10?/m0/s1. The van der Waals surface area contributed by atoms with E-state index in [1.165, 1.54) is 6.92 Å². The van der Waals surface area contributed by atoms with Crippen LogP contribution in [0.5, 0.6) is 0 Å². The lowest BCUT2D eigenvalue weighted by Gasteiger charge is -2.22. The zero-order chi connectivity index (χ0) is 13.1. The number of hydrogen-bond acceptors (Lipinski definition) is 4. The Hall–Kier alpha value is -1.63. The molecule has 0 saturated carbocycles. The third kappa shape index (κ3) is 4.39. The molecule has 2 amide bonds. The zero-order valence-corrected chi connectivity index (χ0v) is 9.52. The lowest BCUT2D eigenvalue weighted by molar-refractivity contribution is -0.142. The van der Waals surface area contributed by atoms with Crippen molar-refractivity contribution in [2.24, 2.45) is 0 Å². The number of carbonyl (C=O) groups excluding carboxylic acids is 2. The second-order valence-corrected chi connectivity index (χ2v) is 4.44. The summed E-state index contributed by atoms with van der Waals surface area (Å²) in [5.41, 5.74) is -1.50. The SMILES string of the molecule is CC(O)(CNC(=O)[C@@H]1CCC(=O)N1)CC(=O)O. The van der Waals surface area contributed by atoms with Crippen LogP contribution in [0.3, 0.4) is 0 Å². The summed E-state index contributed by atoms with van der Waals surface area (Å²) in [7, 11) is 0. The van der Waals surface area contributed by atoms with Crippen molar-refractivity contribution in [2.45, 2.75) is 37.8 Å². The topological polar surface area (TPSA) is 116 Å². The highest BCUT2D eigenvalue weighted by molar-refractivity contribution is 5.90. The van der Waals surface area contributed by atoms with Crippen molar-refractivity contribution in [1.82, 2.24) is 10.6 Å². The van der Waals surface area contributed by atoms with E-state index in [-0.39, 0.29) is 12.5 Å². The van der Waals surface area contributed by atoms with Crippen LogP contribution < -0.4 is 10.6 Å². The molecular weight excluding hydrogens is 228 g/mol. The predicted molar refractivity (Wildman–Crippen MR) is 57.1 cm³/mol. The van der Waals surface area contributed by atoms with Gasteiger partial charge in [-0.1, -0.05) is 0 Å². The van der Waals surface area contributed by atoms with E-state index in [2.05, 4.69) is 10.6 Å². The zero-order valence-electron chi connectivity index (χ0n) is 9.52. The molecule has 1 rings (SSSR count). The van der Waals surface area contributed by atoms with Crippen molar-refractivity contribution >= 4 is 17.8 Å². The highest BCUT2D eigenvalue weighted by Gasteiger charge is 2.30. The molecular formula is C10H16N2O5. The van der Waals surface area contributed by atoms with Gasteiger partial charge < -0.3 is 20.8 Å². The summed E-state index contributed by atoms with van der Waals surface area (Å²) < 4.78 is 0. The highest BCUT2D eigenvalue weighted by Crippen LogP contribution is 2.09. The molecule has 1 aliphatic rings. The van der Waals surface area contributed by atoms with Gasteiger partial charge in [0.1, 0.15) is 6.04 Å². The smallest absolute Gasteiger partial charge is 0.306 e. The molecule has 0 radical (unpaired) electrons. The summed E-state index contributed by atoms with van der Waals surface area (Å²) >= 11 is 0. The van der Waals surface area contributed by atoms with Crippen LogP contribution in [0.1, 0.15) is 26.2 Å². The van der Waals surface area contributed by atoms with Crippen molar-refractivity contribution in [2.75, 3.05) is 6.54 Å². The maximum Gasteiger partial charge on any atom is 0.306 e. The van der Waals surface area contributed by atoms with Crippen LogP contribution in [0, 0.1) is 0 Å². The quantitative estimate of drug-likeness (QED) is 0.475. The highest BCUT2D eigenvalue weighted by atomic mass is 16.4. The number of amides is 2. The average molecular weight is 244 g/mol. The number of rotatable bonds is 5. The Morgan fingerprint density at radius 3 is 2.71 bits per heavy atom. The van der Waals surface area contributed by atoms with E-state index in [0.717, 1.165) is 0 Å². The fraction of sp³-hybridized carbons (Fsp3) is 0.700. The summed E-state index contributed by atoms with van der Waals surface area (Å²) in [6, 6.07) is -0.580. The van der Waals surface area contributed by atoms with Gasteiger partial charge in [0.2, 0.25) is 11.8 Å². The Labute approximate surface area is 98.2 Å². The monoisotopic (exact) mass is 244 g/mol. The summed E-state index contributed by atoms with van der Waals surface area (Å²) in [6.45, 7) is 1.17. The number of aliphatic hydroxyl groups is 1. The summed E-state index contributed by atoms with van der Waals surface area (Å²) in [6.07, 6.45) is 0.277. The molecule has 1 saturated heterocycles. The number of aliphatic carboxylic acids is 1. The normalized spacial score (nSPS) is 22.7. The maximum absolute atomic E-state index is 11.5. The molecule has 17 heavy (non-hydrogen) atoms. The minimum Gasteiger partial charge on any atom is -0.481 e. The van der Waals surface area contributed by atoms with Gasteiger partial charge in [0, 0.05) is 13.0 Å². The Bertz CT molecular complexity index is 340. The lowest BCUT2D eigenvalue weighted by Crippen LogP contribution is -2.48. The van der Waals surface area contributed by atoms with Gasteiger partial charge in [0.25, 0.3) is 0 Å². The van der Waals surface area contributed by atoms with Crippen molar-refractivity contribution < 1.29 is 24.6 Å². The van der Waals surface area contributed by atoms with Crippen molar-refractivity contribution in [1.29, 1.82) is 0 Å². The molecule has 0 aromatic carbocycles. The van der Waals surface area contributed by atoms with Crippen molar-refractivity contribution in [3.8, 4) is 0 Å². The second-order valence-electron chi connectivity index (χ2n) is 4.44. The third-order valence-corrected chi connectivity index (χ3v) is 2.49. The second kappa shape index (κ2) is 5.13. The lowest BCUT2D eigenvalue weighted by atomic mass is 10.0. The van der Waals surface area contributed by atoms with Gasteiger partial charge in [0.15, 0.2) is 0 Å². The molecule has 7 nitrogen and oxygen atoms in total. The van der Waals surface area contributed by atoms with E-state index in [0.29, 0.717) is 12.8 Å². The van der Waals surface area contributed by atoms with Crippen LogP contribution >= 0.6 is 0 Å². The number of hydrogen-bond donors (Lipinski definition) is 4. The Kier molecular flexibility index (Phi) is 4.06. The van der Waals surface area contributed by atoms with Gasteiger partial charge in [-0.3, -0.25) is 14.4 Å². The first-order chi connectivity index (χ1) is 7.80. The van der Waals surface area contributed by atoms with Crippen LogP contribution in [-0.2, 0) is 14.4 Å². The predicted octanol–water partition coefficient (Wildman–Crippen LogP) is -1.39. The molecule has 1 heterocycles. The summed E-state index contributed by atoms with van der Waals surface area (Å²) in [4.78, 5) is 32.9. The molecule has 7 heteroatoms. The molecule has 1 unspecified atom stereocenters. The van der Waals surface area contributed by atoms with E-state index in [1.807, 2.05) is 0 Å². The molecule has 0 aromatic heterocycles. The van der Waals surface area contributed by atoms with E-state index in [1.54, 1.807) is 0 Å². The molecule has 1 fully saturated rings. The Balaban J connectivity index is 2.37. The first-order valence-corrected chi connectivity index (χ1v) is 5.31. The largest absolute Gasteiger partial charge is 0.481 e. The number of carboxylic acid groups (broad SMARTS) is 1. The van der Waals surface area contributed by atoms with Gasteiger partial charge in [-0.2, -0.15) is 0 Å². The van der Waals surface area contributed by atoms with Gasteiger partial charge in [-0.15, -0.1) is 0 Å². The molecule has 4 N–H and O–H groups in total. The van der Waals surface area contributed by atoms with Crippen LogP contribution in [0.4, 0.5) is 0 Å². The fourth-order valence-electron chi connectivity index (χ4n) is 1.60. The van der Waals surface area contributed by atoms with Crippen LogP contribution in [-0.4, -0.2) is 46.2 Å². The van der Waals surface area contributed by atoms with Crippen LogP contribution in [0.2, 0.25) is 0 Å². The fourth-order valence-corrected chi connectivity index (χ4v) is 1.60. The van der Waals surface area contributed by atoms with Gasteiger partial charge in [-0.25, -0.2) is 0 Å². The van der Waals surface area contributed by atoms with Gasteiger partial charge >= 0.3 is 5.97 Å². The average Bonchev–Trinajstić information content (AvgIpc) is 2.59. The number of nitrogens with one attached hydrogen (secondary N) is 2. The first-order valence-electron chi connectivity index (χ1n) is 5.31. The molecule has 96 valence electrons. The minimum atomic E-state index is -1.50. The first kappa shape index (κ1) is 13.4. The molecule has 1 aliphatic heterocycles. The van der Waals surface area contributed by atoms with Crippen molar-refractivity contribution in [3.63, 3.8) is 0 Å². The Morgan fingerprint density at radius 2 is 2.24 bits per heavy atom. The van der Waals surface area contributed by atoms with Crippen LogP contribution in [0.25, 0.3) is 0 Å². The molecule has 0 aliphatic carbocycles. The molecule has 0 bridgehead atoms. The maximum atomic E-state index is 11.5. The van der Waals surface area contributed by atoms with Gasteiger partial charge in [0.05, 0.1) is 12.0 Å². The van der Waals surface area contributed by atoms with Crippen molar-refractivity contribution in [3.05, 3.63) is 0 Å². The van der Waals surface area contributed by atoms with Crippen LogP contribution in [0.15, 0.2) is 0 Å². The molecule has 0 spiro atoms. The summed E-state index contributed by atoms with van der Waals surface area (Å²) in [5, 5.41) is 23.1. The van der Waals surface area contributed by atoms with E-state index >= 15 is 0 Å². The number of carboxylic acids is 1.